The molecule has 3 heterocycles. The fourth-order valence-electron chi connectivity index (χ4n) is 3.04. The van der Waals surface area contributed by atoms with Crippen LogP contribution in [0.3, 0.4) is 0 Å². The van der Waals surface area contributed by atoms with E-state index in [1.807, 2.05) is 24.3 Å². The van der Waals surface area contributed by atoms with Crippen molar-refractivity contribution in [2.45, 2.75) is 25.9 Å². The highest BCUT2D eigenvalue weighted by atomic mass is 16.5. The first kappa shape index (κ1) is 12.5. The van der Waals surface area contributed by atoms with Crippen LogP contribution in [-0.2, 0) is 4.79 Å². The van der Waals surface area contributed by atoms with Gasteiger partial charge in [0.2, 0.25) is 5.91 Å². The monoisotopic (exact) mass is 260 g/mol. The van der Waals surface area contributed by atoms with Crippen LogP contribution in [0.2, 0.25) is 0 Å². The van der Waals surface area contributed by atoms with E-state index in [4.69, 9.17) is 4.74 Å². The highest BCUT2D eigenvalue weighted by Gasteiger charge is 2.35. The van der Waals surface area contributed by atoms with Gasteiger partial charge in [-0.2, -0.15) is 0 Å². The number of nitrogens with one attached hydrogen (secondary N) is 1. The van der Waals surface area contributed by atoms with Crippen molar-refractivity contribution in [2.24, 2.45) is 5.92 Å². The standard InChI is InChI=1S/C15H20N2O2/c1-11(18)16-13-2-4-14(5-3-13)19-15-10-17-8-6-12(15)7-9-17/h2-5,12,15H,6-10H2,1H3,(H,16,18). The predicted molar refractivity (Wildman–Crippen MR) is 74.3 cm³/mol. The molecule has 0 radical (unpaired) electrons. The Balaban J connectivity index is 1.62. The minimum atomic E-state index is -0.0499. The molecule has 1 atom stereocenters. The first-order chi connectivity index (χ1) is 9.20. The number of rotatable bonds is 3. The summed E-state index contributed by atoms with van der Waals surface area (Å²) in [5, 5.41) is 2.76. The smallest absolute Gasteiger partial charge is 0.221 e. The summed E-state index contributed by atoms with van der Waals surface area (Å²) in [5.41, 5.74) is 0.814. The lowest BCUT2D eigenvalue weighted by molar-refractivity contribution is -0.114. The van der Waals surface area contributed by atoms with Crippen LogP contribution in [0.4, 0.5) is 5.69 Å². The fraction of sp³-hybridized carbons (Fsp3) is 0.533. The second-order valence-electron chi connectivity index (χ2n) is 5.50. The Bertz CT molecular complexity index is 450. The molecule has 1 N–H and O–H groups in total. The normalized spacial score (nSPS) is 29.0. The average Bonchev–Trinajstić information content (AvgIpc) is 2.42. The Labute approximate surface area is 113 Å². The van der Waals surface area contributed by atoms with E-state index < -0.39 is 0 Å². The number of hydrogen-bond acceptors (Lipinski definition) is 3. The molecule has 1 aromatic rings. The van der Waals surface area contributed by atoms with Gasteiger partial charge in [0.1, 0.15) is 11.9 Å². The largest absolute Gasteiger partial charge is 0.489 e. The van der Waals surface area contributed by atoms with Crippen molar-refractivity contribution in [1.29, 1.82) is 0 Å². The number of amides is 1. The summed E-state index contributed by atoms with van der Waals surface area (Å²) in [7, 11) is 0. The number of anilines is 1. The number of carbonyl (C=O) groups excluding carboxylic acids is 1. The summed E-state index contributed by atoms with van der Waals surface area (Å²) in [6.07, 6.45) is 2.85. The first-order valence-electron chi connectivity index (χ1n) is 6.97. The first-order valence-corrected chi connectivity index (χ1v) is 6.97. The Morgan fingerprint density at radius 3 is 2.47 bits per heavy atom. The van der Waals surface area contributed by atoms with E-state index in [1.165, 1.54) is 32.9 Å². The van der Waals surface area contributed by atoms with E-state index in [0.717, 1.165) is 18.0 Å². The number of hydrogen-bond donors (Lipinski definition) is 1. The van der Waals surface area contributed by atoms with Crippen LogP contribution >= 0.6 is 0 Å². The Morgan fingerprint density at radius 2 is 1.95 bits per heavy atom. The second-order valence-corrected chi connectivity index (χ2v) is 5.50. The zero-order valence-corrected chi connectivity index (χ0v) is 11.3. The van der Waals surface area contributed by atoms with Gasteiger partial charge >= 0.3 is 0 Å². The predicted octanol–water partition coefficient (Wildman–Crippen LogP) is 2.12. The number of benzene rings is 1. The summed E-state index contributed by atoms with van der Waals surface area (Å²) in [6.45, 7) is 5.02. The third-order valence-electron chi connectivity index (χ3n) is 4.06. The molecule has 4 heteroatoms. The molecule has 3 saturated heterocycles. The molecule has 4 rings (SSSR count). The lowest BCUT2D eigenvalue weighted by Gasteiger charge is -2.44. The maximum absolute atomic E-state index is 11.0. The highest BCUT2D eigenvalue weighted by molar-refractivity contribution is 5.88. The van der Waals surface area contributed by atoms with Crippen LogP contribution in [-0.4, -0.2) is 36.5 Å². The third-order valence-corrected chi connectivity index (χ3v) is 4.06. The molecule has 2 bridgehead atoms. The van der Waals surface area contributed by atoms with Gasteiger partial charge in [-0.1, -0.05) is 0 Å². The molecule has 19 heavy (non-hydrogen) atoms. The van der Waals surface area contributed by atoms with Gasteiger partial charge in [0.05, 0.1) is 0 Å². The highest BCUT2D eigenvalue weighted by Crippen LogP contribution is 2.30. The van der Waals surface area contributed by atoms with E-state index >= 15 is 0 Å². The van der Waals surface area contributed by atoms with Gasteiger partial charge in [0.15, 0.2) is 0 Å². The zero-order valence-electron chi connectivity index (χ0n) is 11.3. The van der Waals surface area contributed by atoms with Crippen LogP contribution in [0.5, 0.6) is 5.75 Å². The molecule has 1 amide bonds. The molecule has 3 fully saturated rings. The third kappa shape index (κ3) is 2.89. The van der Waals surface area contributed by atoms with E-state index in [0.29, 0.717) is 12.0 Å². The van der Waals surface area contributed by atoms with Crippen molar-refractivity contribution in [2.75, 3.05) is 25.0 Å². The van der Waals surface area contributed by atoms with Crippen molar-refractivity contribution >= 4 is 11.6 Å². The van der Waals surface area contributed by atoms with Crippen molar-refractivity contribution in [3.63, 3.8) is 0 Å². The summed E-state index contributed by atoms with van der Waals surface area (Å²) >= 11 is 0. The summed E-state index contributed by atoms with van der Waals surface area (Å²) < 4.78 is 6.09. The lowest BCUT2D eigenvalue weighted by atomic mass is 9.86. The van der Waals surface area contributed by atoms with E-state index in [2.05, 4.69) is 10.2 Å². The number of fused-ring (bicyclic) bond motifs is 3. The Kier molecular flexibility index (Phi) is 3.42. The van der Waals surface area contributed by atoms with Gasteiger partial charge in [-0.15, -0.1) is 0 Å². The number of ether oxygens (including phenoxy) is 1. The maximum atomic E-state index is 11.0. The molecule has 0 aliphatic carbocycles. The average molecular weight is 260 g/mol. The number of nitrogens with zero attached hydrogens (tertiary/aromatic N) is 1. The number of piperidine rings is 3. The van der Waals surface area contributed by atoms with E-state index in [1.54, 1.807) is 0 Å². The summed E-state index contributed by atoms with van der Waals surface area (Å²) in [6, 6.07) is 7.64. The van der Waals surface area contributed by atoms with Crippen molar-refractivity contribution < 1.29 is 9.53 Å². The van der Waals surface area contributed by atoms with Crippen LogP contribution in [0, 0.1) is 5.92 Å². The van der Waals surface area contributed by atoms with Gasteiger partial charge in [-0.3, -0.25) is 9.69 Å². The molecular formula is C15H20N2O2. The van der Waals surface area contributed by atoms with Crippen molar-refractivity contribution in [1.82, 2.24) is 4.90 Å². The van der Waals surface area contributed by atoms with Gasteiger partial charge in [0.25, 0.3) is 0 Å². The fourth-order valence-corrected chi connectivity index (χ4v) is 3.04. The molecule has 3 aliphatic rings. The van der Waals surface area contributed by atoms with E-state index in [9.17, 15) is 4.79 Å². The SMILES string of the molecule is CC(=O)Nc1ccc(OC2CN3CCC2CC3)cc1. The minimum absolute atomic E-state index is 0.0499. The van der Waals surface area contributed by atoms with E-state index in [-0.39, 0.29) is 5.91 Å². The van der Waals surface area contributed by atoms with Crippen LogP contribution in [0.1, 0.15) is 19.8 Å². The van der Waals surface area contributed by atoms with Gasteiger partial charge in [0, 0.05) is 19.2 Å². The second kappa shape index (κ2) is 5.21. The maximum Gasteiger partial charge on any atom is 0.221 e. The van der Waals surface area contributed by atoms with Gasteiger partial charge < -0.3 is 10.1 Å². The van der Waals surface area contributed by atoms with Crippen molar-refractivity contribution in [3.05, 3.63) is 24.3 Å². The molecule has 1 unspecified atom stereocenters. The lowest BCUT2D eigenvalue weighted by Crippen LogP contribution is -2.52. The zero-order chi connectivity index (χ0) is 13.2. The van der Waals surface area contributed by atoms with Gasteiger partial charge in [-0.25, -0.2) is 0 Å². The molecular weight excluding hydrogens is 240 g/mol. The molecule has 1 aromatic carbocycles. The summed E-state index contributed by atoms with van der Waals surface area (Å²) in [5.74, 6) is 1.55. The molecule has 3 aliphatic heterocycles. The quantitative estimate of drug-likeness (QED) is 0.905. The van der Waals surface area contributed by atoms with Crippen LogP contribution in [0.15, 0.2) is 24.3 Å². The number of carbonyl (C=O) groups is 1. The van der Waals surface area contributed by atoms with Crippen LogP contribution < -0.4 is 10.1 Å². The van der Waals surface area contributed by atoms with Crippen molar-refractivity contribution in [3.8, 4) is 5.75 Å². The summed E-state index contributed by atoms with van der Waals surface area (Å²) in [4.78, 5) is 13.4. The van der Waals surface area contributed by atoms with Gasteiger partial charge in [-0.05, 0) is 56.1 Å². The minimum Gasteiger partial charge on any atom is -0.489 e. The molecule has 0 saturated carbocycles. The topological polar surface area (TPSA) is 41.6 Å². The molecule has 0 spiro atoms. The van der Waals surface area contributed by atoms with Crippen LogP contribution in [0.25, 0.3) is 0 Å². The molecule has 102 valence electrons. The molecule has 0 aromatic heterocycles. The Morgan fingerprint density at radius 1 is 1.26 bits per heavy atom. The Hall–Kier alpha value is -1.55. The molecule has 4 nitrogen and oxygen atoms in total.